The Labute approximate surface area is 123 Å². The van der Waals surface area contributed by atoms with Gasteiger partial charge in [-0.3, -0.25) is 0 Å². The molecule has 5 heteroatoms. The van der Waals surface area contributed by atoms with Gasteiger partial charge in [0.25, 0.3) is 0 Å². The second-order valence-corrected chi connectivity index (χ2v) is 6.37. The van der Waals surface area contributed by atoms with E-state index in [1.54, 1.807) is 0 Å². The Hall–Kier alpha value is -0.290. The van der Waals surface area contributed by atoms with Crippen molar-refractivity contribution >= 4 is 33.5 Å². The summed E-state index contributed by atoms with van der Waals surface area (Å²) in [5.41, 5.74) is 1.08. The van der Waals surface area contributed by atoms with Gasteiger partial charge in [0.15, 0.2) is 0 Å². The van der Waals surface area contributed by atoms with Crippen LogP contribution in [0.1, 0.15) is 39.2 Å². The summed E-state index contributed by atoms with van der Waals surface area (Å²) in [6.45, 7) is 9.53. The lowest BCUT2D eigenvalue weighted by atomic mass is 10.3. The largest absolute Gasteiger partial charge is 0.369 e. The van der Waals surface area contributed by atoms with Crippen molar-refractivity contribution in [2.24, 2.45) is 5.92 Å². The topological polar surface area (TPSA) is 37.8 Å². The van der Waals surface area contributed by atoms with Gasteiger partial charge >= 0.3 is 0 Å². The van der Waals surface area contributed by atoms with Gasteiger partial charge in [-0.05, 0) is 40.9 Å². The Kier molecular flexibility index (Phi) is 7.00. The van der Waals surface area contributed by atoms with Crippen LogP contribution in [0, 0.1) is 5.92 Å². The Bertz CT molecular complexity index is 383. The number of nitrogens with zero attached hydrogens (tertiary/aromatic N) is 2. The molecule has 0 aliphatic heterocycles. The monoisotopic (exact) mass is 331 g/mol. The molecule has 0 aromatic carbocycles. The molecule has 0 radical (unpaired) electrons. The molecule has 1 aromatic heterocycles. The van der Waals surface area contributed by atoms with Gasteiger partial charge in [-0.1, -0.05) is 20.8 Å². The number of aromatic nitrogens is 2. The van der Waals surface area contributed by atoms with Gasteiger partial charge in [0, 0.05) is 6.54 Å². The maximum Gasteiger partial charge on any atom is 0.144 e. The summed E-state index contributed by atoms with van der Waals surface area (Å²) in [4.78, 5) is 9.19. The first-order valence-corrected chi connectivity index (χ1v) is 8.40. The maximum absolute atomic E-state index is 4.61. The molecule has 102 valence electrons. The molecule has 0 bridgehead atoms. The lowest BCUT2D eigenvalue weighted by Gasteiger charge is -2.11. The minimum absolute atomic E-state index is 0.712. The molecule has 1 N–H and O–H groups in total. The number of anilines is 1. The van der Waals surface area contributed by atoms with E-state index < -0.39 is 0 Å². The number of rotatable bonds is 7. The van der Waals surface area contributed by atoms with Gasteiger partial charge in [0.1, 0.15) is 11.6 Å². The fraction of sp³-hybridized carbons (Fsp3) is 0.692. The summed E-state index contributed by atoms with van der Waals surface area (Å²) in [6, 6.07) is 0. The number of hydrogen-bond donors (Lipinski definition) is 1. The number of thioether (sulfide) groups is 1. The zero-order chi connectivity index (χ0) is 13.5. The van der Waals surface area contributed by atoms with E-state index in [1.165, 1.54) is 0 Å². The van der Waals surface area contributed by atoms with Crippen LogP contribution in [0.4, 0.5) is 5.82 Å². The van der Waals surface area contributed by atoms with Crippen LogP contribution in [0.15, 0.2) is 4.47 Å². The minimum Gasteiger partial charge on any atom is -0.369 e. The summed E-state index contributed by atoms with van der Waals surface area (Å²) >= 11 is 5.47. The molecule has 1 aromatic rings. The van der Waals surface area contributed by atoms with E-state index >= 15 is 0 Å². The number of halogens is 1. The van der Waals surface area contributed by atoms with Gasteiger partial charge in [-0.2, -0.15) is 11.8 Å². The van der Waals surface area contributed by atoms with Crippen molar-refractivity contribution in [2.45, 2.75) is 39.9 Å². The minimum atomic E-state index is 0.712. The summed E-state index contributed by atoms with van der Waals surface area (Å²) in [5, 5.41) is 3.28. The summed E-state index contributed by atoms with van der Waals surface area (Å²) < 4.78 is 1.00. The average molecular weight is 332 g/mol. The highest BCUT2D eigenvalue weighted by Crippen LogP contribution is 2.25. The molecule has 0 spiro atoms. The van der Waals surface area contributed by atoms with Crippen LogP contribution < -0.4 is 5.32 Å². The molecule has 0 fully saturated rings. The molecule has 1 rings (SSSR count). The molecule has 18 heavy (non-hydrogen) atoms. The lowest BCUT2D eigenvalue weighted by molar-refractivity contribution is 0.749. The highest BCUT2D eigenvalue weighted by Gasteiger charge is 2.10. The molecule has 0 unspecified atom stereocenters. The second kappa shape index (κ2) is 8.00. The predicted molar refractivity (Wildman–Crippen MR) is 84.3 cm³/mol. The molecule has 0 aliphatic rings. The number of nitrogens with one attached hydrogen (secondary N) is 1. The smallest absolute Gasteiger partial charge is 0.144 e. The van der Waals surface area contributed by atoms with Crippen molar-refractivity contribution in [3.63, 3.8) is 0 Å². The molecule has 0 aliphatic carbocycles. The van der Waals surface area contributed by atoms with Crippen molar-refractivity contribution in [1.29, 1.82) is 0 Å². The Morgan fingerprint density at radius 3 is 2.56 bits per heavy atom. The molecule has 0 amide bonds. The van der Waals surface area contributed by atoms with Crippen molar-refractivity contribution in [3.05, 3.63) is 16.0 Å². The molecule has 0 atom stereocenters. The normalized spacial score (nSPS) is 11.0. The molecular formula is C13H22BrN3S. The first kappa shape index (κ1) is 15.8. The third-order valence-electron chi connectivity index (χ3n) is 2.33. The lowest BCUT2D eigenvalue weighted by Crippen LogP contribution is -2.07. The standard InChI is InChI=1S/C13H22BrN3S/c1-5-10-12(14)13(15-6-2)17-11(16-10)8-18-7-9(3)4/h9H,5-8H2,1-4H3,(H,15,16,17). The van der Waals surface area contributed by atoms with Crippen LogP contribution >= 0.6 is 27.7 Å². The van der Waals surface area contributed by atoms with Gasteiger partial charge in [-0.25, -0.2) is 9.97 Å². The van der Waals surface area contributed by atoms with Crippen LogP contribution in [0.25, 0.3) is 0 Å². The van der Waals surface area contributed by atoms with E-state index in [2.05, 4.69) is 58.9 Å². The number of hydrogen-bond acceptors (Lipinski definition) is 4. The van der Waals surface area contributed by atoms with Gasteiger partial charge in [-0.15, -0.1) is 0 Å². The first-order chi connectivity index (χ1) is 8.58. The third-order valence-corrected chi connectivity index (χ3v) is 4.53. The first-order valence-electron chi connectivity index (χ1n) is 6.45. The quantitative estimate of drug-likeness (QED) is 0.815. The van der Waals surface area contributed by atoms with Crippen LogP contribution in [0.3, 0.4) is 0 Å². The zero-order valence-electron chi connectivity index (χ0n) is 11.6. The van der Waals surface area contributed by atoms with Crippen molar-refractivity contribution < 1.29 is 0 Å². The van der Waals surface area contributed by atoms with Crippen LogP contribution in [-0.2, 0) is 12.2 Å². The highest BCUT2D eigenvalue weighted by atomic mass is 79.9. The van der Waals surface area contributed by atoms with Gasteiger partial charge < -0.3 is 5.32 Å². The summed E-state index contributed by atoms with van der Waals surface area (Å²) in [5.74, 6) is 4.60. The fourth-order valence-electron chi connectivity index (χ4n) is 1.51. The van der Waals surface area contributed by atoms with E-state index in [-0.39, 0.29) is 0 Å². The van der Waals surface area contributed by atoms with Crippen molar-refractivity contribution in [2.75, 3.05) is 17.6 Å². The number of aryl methyl sites for hydroxylation is 1. The Morgan fingerprint density at radius 2 is 2.00 bits per heavy atom. The van der Waals surface area contributed by atoms with Crippen molar-refractivity contribution in [3.8, 4) is 0 Å². The average Bonchev–Trinajstić information content (AvgIpc) is 2.32. The molecule has 0 saturated heterocycles. The maximum atomic E-state index is 4.61. The molecule has 0 saturated carbocycles. The van der Waals surface area contributed by atoms with Crippen LogP contribution in [-0.4, -0.2) is 22.3 Å². The molecular weight excluding hydrogens is 310 g/mol. The predicted octanol–water partition coefficient (Wildman–Crippen LogP) is 4.12. The summed E-state index contributed by atoms with van der Waals surface area (Å²) in [6.07, 6.45) is 0.920. The summed E-state index contributed by atoms with van der Waals surface area (Å²) in [7, 11) is 0. The van der Waals surface area contributed by atoms with Gasteiger partial charge in [0.2, 0.25) is 0 Å². The van der Waals surface area contributed by atoms with Crippen LogP contribution in [0.2, 0.25) is 0 Å². The molecule has 3 nitrogen and oxygen atoms in total. The Balaban J connectivity index is 2.81. The SMILES string of the molecule is CCNc1nc(CSCC(C)C)nc(CC)c1Br. The zero-order valence-corrected chi connectivity index (χ0v) is 14.0. The van der Waals surface area contributed by atoms with Crippen molar-refractivity contribution in [1.82, 2.24) is 9.97 Å². The van der Waals surface area contributed by atoms with E-state index in [0.717, 1.165) is 46.3 Å². The van der Waals surface area contributed by atoms with Crippen LogP contribution in [0.5, 0.6) is 0 Å². The van der Waals surface area contributed by atoms with E-state index in [4.69, 9.17) is 0 Å². The molecule has 1 heterocycles. The van der Waals surface area contributed by atoms with E-state index in [0.29, 0.717) is 5.92 Å². The van der Waals surface area contributed by atoms with Gasteiger partial charge in [0.05, 0.1) is 15.9 Å². The third kappa shape index (κ3) is 4.76. The fourth-order valence-corrected chi connectivity index (χ4v) is 3.01. The Morgan fingerprint density at radius 1 is 1.28 bits per heavy atom. The van der Waals surface area contributed by atoms with E-state index in [1.807, 2.05) is 11.8 Å². The van der Waals surface area contributed by atoms with E-state index in [9.17, 15) is 0 Å². The second-order valence-electron chi connectivity index (χ2n) is 4.54. The highest BCUT2D eigenvalue weighted by molar-refractivity contribution is 9.10.